The largest absolute Gasteiger partial charge is 0.478 e. The van der Waals surface area contributed by atoms with Crippen LogP contribution in [0.4, 0.5) is 0 Å². The Morgan fingerprint density at radius 1 is 1.33 bits per heavy atom. The second-order valence-electron chi connectivity index (χ2n) is 5.46. The minimum Gasteiger partial charge on any atom is -0.478 e. The fourth-order valence-electron chi connectivity index (χ4n) is 2.84. The summed E-state index contributed by atoms with van der Waals surface area (Å²) in [7, 11) is 0. The summed E-state index contributed by atoms with van der Waals surface area (Å²) in [6.07, 6.45) is 17.7. The van der Waals surface area contributed by atoms with Crippen molar-refractivity contribution in [3.05, 3.63) is 59.7 Å². The average molecular weight is 411 g/mol. The summed E-state index contributed by atoms with van der Waals surface area (Å²) in [5.74, 6) is 1.26. The first kappa shape index (κ1) is 15.0. The van der Waals surface area contributed by atoms with Gasteiger partial charge in [-0.05, 0) is 6.42 Å². The van der Waals surface area contributed by atoms with Gasteiger partial charge in [-0.1, -0.05) is 80.5 Å². The number of allylic oxidation sites excluding steroid dienone is 6. The molecule has 4 atom stereocenters. The van der Waals surface area contributed by atoms with Crippen LogP contribution in [0.5, 0.6) is 0 Å². The zero-order valence-electron chi connectivity index (χ0n) is 11.6. The van der Waals surface area contributed by atoms with Crippen LogP contribution >= 0.6 is 31.9 Å². The zero-order chi connectivity index (χ0) is 14.9. The first-order valence-corrected chi connectivity index (χ1v) is 8.74. The first-order valence-electron chi connectivity index (χ1n) is 7.04. The lowest BCUT2D eigenvalue weighted by molar-refractivity contribution is 0.243. The van der Waals surface area contributed by atoms with E-state index in [4.69, 9.17) is 9.73 Å². The van der Waals surface area contributed by atoms with Crippen LogP contribution in [0.1, 0.15) is 6.42 Å². The molecule has 0 radical (unpaired) electrons. The molecule has 3 rings (SSSR count). The van der Waals surface area contributed by atoms with Crippen molar-refractivity contribution in [3.63, 3.8) is 0 Å². The Balaban J connectivity index is 1.85. The summed E-state index contributed by atoms with van der Waals surface area (Å²) in [4.78, 5) is 5.16. The number of halogens is 2. The van der Waals surface area contributed by atoms with Gasteiger partial charge in [0.25, 0.3) is 0 Å². The van der Waals surface area contributed by atoms with Crippen molar-refractivity contribution in [1.82, 2.24) is 0 Å². The smallest absolute Gasteiger partial charge is 0.192 e. The molecule has 0 saturated heterocycles. The van der Waals surface area contributed by atoms with Gasteiger partial charge in [-0.25, -0.2) is 4.99 Å². The third kappa shape index (κ3) is 2.88. The van der Waals surface area contributed by atoms with Crippen LogP contribution in [0.3, 0.4) is 0 Å². The SMILES string of the molecule is C=CC1(C2C=CC(Br)=CC2)COC(C2C=CC=CC2Br)=N1. The highest BCUT2D eigenvalue weighted by Crippen LogP contribution is 2.38. The molecule has 0 spiro atoms. The molecule has 1 aliphatic heterocycles. The fourth-order valence-corrected chi connectivity index (χ4v) is 3.76. The molecular formula is C17H17Br2NO. The van der Waals surface area contributed by atoms with E-state index in [2.05, 4.69) is 68.8 Å². The third-order valence-corrected chi connectivity index (χ3v) is 5.64. The van der Waals surface area contributed by atoms with Crippen LogP contribution in [0.25, 0.3) is 0 Å². The molecule has 0 fully saturated rings. The Hall–Kier alpha value is -0.870. The molecule has 2 aliphatic carbocycles. The molecule has 1 heterocycles. The zero-order valence-corrected chi connectivity index (χ0v) is 14.8. The molecule has 4 heteroatoms. The number of hydrogen-bond donors (Lipinski definition) is 0. The van der Waals surface area contributed by atoms with Gasteiger partial charge in [-0.2, -0.15) is 0 Å². The van der Waals surface area contributed by atoms with Crippen molar-refractivity contribution < 1.29 is 4.74 Å². The van der Waals surface area contributed by atoms with E-state index < -0.39 is 0 Å². The summed E-state index contributed by atoms with van der Waals surface area (Å²) in [6, 6.07) is 0. The van der Waals surface area contributed by atoms with Gasteiger partial charge in [0, 0.05) is 15.2 Å². The van der Waals surface area contributed by atoms with Crippen LogP contribution in [-0.4, -0.2) is 22.9 Å². The highest BCUT2D eigenvalue weighted by atomic mass is 79.9. The number of nitrogens with zero attached hydrogens (tertiary/aromatic N) is 1. The molecule has 0 aromatic heterocycles. The van der Waals surface area contributed by atoms with E-state index in [1.165, 1.54) is 0 Å². The van der Waals surface area contributed by atoms with Gasteiger partial charge >= 0.3 is 0 Å². The van der Waals surface area contributed by atoms with E-state index >= 15 is 0 Å². The van der Waals surface area contributed by atoms with Crippen molar-refractivity contribution >= 4 is 37.8 Å². The van der Waals surface area contributed by atoms with E-state index in [0.29, 0.717) is 12.5 Å². The van der Waals surface area contributed by atoms with Crippen molar-refractivity contribution in [2.45, 2.75) is 16.8 Å². The Kier molecular flexibility index (Phi) is 4.36. The predicted octanol–water partition coefficient (Wildman–Crippen LogP) is 4.70. The highest BCUT2D eigenvalue weighted by Gasteiger charge is 2.42. The highest BCUT2D eigenvalue weighted by molar-refractivity contribution is 9.11. The monoisotopic (exact) mass is 409 g/mol. The maximum Gasteiger partial charge on any atom is 0.192 e. The second-order valence-corrected chi connectivity index (χ2v) is 7.44. The third-order valence-electron chi connectivity index (χ3n) is 4.17. The minimum absolute atomic E-state index is 0.159. The normalized spacial score (nSPS) is 37.9. The summed E-state index contributed by atoms with van der Waals surface area (Å²) in [5.41, 5.74) is -0.349. The topological polar surface area (TPSA) is 21.6 Å². The molecule has 0 N–H and O–H groups in total. The fraction of sp³-hybridized carbons (Fsp3) is 0.353. The van der Waals surface area contributed by atoms with E-state index in [-0.39, 0.29) is 16.3 Å². The van der Waals surface area contributed by atoms with E-state index in [1.54, 1.807) is 0 Å². The molecule has 4 unspecified atom stereocenters. The van der Waals surface area contributed by atoms with Crippen molar-refractivity contribution in [2.75, 3.05) is 6.61 Å². The van der Waals surface area contributed by atoms with Crippen LogP contribution in [0.15, 0.2) is 64.7 Å². The number of alkyl halides is 1. The second kappa shape index (κ2) is 6.09. The van der Waals surface area contributed by atoms with Gasteiger partial charge in [-0.3, -0.25) is 0 Å². The molecule has 0 aromatic carbocycles. The molecule has 0 saturated carbocycles. The summed E-state index contributed by atoms with van der Waals surface area (Å²) in [5, 5.41) is 0. The Morgan fingerprint density at radius 2 is 2.14 bits per heavy atom. The standard InChI is InChI=1S/C17H17Br2NO/c1-2-17(12-7-9-13(18)10-8-12)11-21-16(20-17)14-5-3-4-6-15(14)19/h2-7,9-10,12,14-15H,1,8,11H2. The van der Waals surface area contributed by atoms with Crippen LogP contribution < -0.4 is 0 Å². The number of hydrogen-bond acceptors (Lipinski definition) is 2. The molecule has 0 amide bonds. The summed E-state index contributed by atoms with van der Waals surface area (Å²) < 4.78 is 7.07. The molecule has 21 heavy (non-hydrogen) atoms. The van der Waals surface area contributed by atoms with Crippen molar-refractivity contribution in [1.29, 1.82) is 0 Å². The number of ether oxygens (including phenoxy) is 1. The van der Waals surface area contributed by atoms with Gasteiger partial charge in [0.1, 0.15) is 12.1 Å². The van der Waals surface area contributed by atoms with E-state index in [0.717, 1.165) is 16.8 Å². The van der Waals surface area contributed by atoms with Crippen molar-refractivity contribution in [2.24, 2.45) is 16.8 Å². The Morgan fingerprint density at radius 3 is 2.81 bits per heavy atom. The average Bonchev–Trinajstić information content (AvgIpc) is 2.94. The van der Waals surface area contributed by atoms with Crippen molar-refractivity contribution in [3.8, 4) is 0 Å². The minimum atomic E-state index is -0.349. The molecule has 2 nitrogen and oxygen atoms in total. The van der Waals surface area contributed by atoms with E-state index in [1.807, 2.05) is 18.2 Å². The van der Waals surface area contributed by atoms with Gasteiger partial charge < -0.3 is 4.74 Å². The summed E-state index contributed by atoms with van der Waals surface area (Å²) in [6.45, 7) is 4.58. The van der Waals surface area contributed by atoms with Gasteiger partial charge in [0.05, 0.1) is 5.92 Å². The lowest BCUT2D eigenvalue weighted by Crippen LogP contribution is -2.34. The molecule has 0 bridgehead atoms. The first-order chi connectivity index (χ1) is 10.1. The maximum atomic E-state index is 5.95. The Labute approximate surface area is 142 Å². The molecular weight excluding hydrogens is 394 g/mol. The van der Waals surface area contributed by atoms with Gasteiger partial charge in [-0.15, -0.1) is 6.58 Å². The molecule has 110 valence electrons. The maximum absolute atomic E-state index is 5.95. The predicted molar refractivity (Wildman–Crippen MR) is 95.1 cm³/mol. The van der Waals surface area contributed by atoms with Crippen LogP contribution in [0.2, 0.25) is 0 Å². The van der Waals surface area contributed by atoms with Gasteiger partial charge in [0.15, 0.2) is 5.90 Å². The molecule has 0 aromatic rings. The van der Waals surface area contributed by atoms with E-state index in [9.17, 15) is 0 Å². The lowest BCUT2D eigenvalue weighted by atomic mass is 9.81. The molecule has 3 aliphatic rings. The Bertz CT molecular complexity index is 588. The van der Waals surface area contributed by atoms with Crippen LogP contribution in [0, 0.1) is 11.8 Å². The van der Waals surface area contributed by atoms with Gasteiger partial charge in [0.2, 0.25) is 0 Å². The summed E-state index contributed by atoms with van der Waals surface area (Å²) >= 11 is 7.18. The lowest BCUT2D eigenvalue weighted by Gasteiger charge is -2.29. The number of aliphatic imine (C=N–C) groups is 1. The van der Waals surface area contributed by atoms with Crippen LogP contribution in [-0.2, 0) is 4.74 Å². The number of rotatable bonds is 3. The quantitative estimate of drug-likeness (QED) is 0.488.